The minimum atomic E-state index is -0.867. The van der Waals surface area contributed by atoms with Gasteiger partial charge in [0.1, 0.15) is 5.54 Å². The smallest absolute Gasteiger partial charge is 0.246 e. The summed E-state index contributed by atoms with van der Waals surface area (Å²) in [5.41, 5.74) is 7.49. The van der Waals surface area contributed by atoms with Crippen LogP contribution in [-0.4, -0.2) is 29.6 Å². The van der Waals surface area contributed by atoms with E-state index in [1.807, 2.05) is 19.1 Å². The molecule has 3 N–H and O–H groups in total. The summed E-state index contributed by atoms with van der Waals surface area (Å²) in [4.78, 5) is 17.7. The Morgan fingerprint density at radius 3 is 2.84 bits per heavy atom. The van der Waals surface area contributed by atoms with Gasteiger partial charge in [0.2, 0.25) is 5.91 Å². The maximum atomic E-state index is 12.4. The van der Waals surface area contributed by atoms with Crippen LogP contribution in [0.3, 0.4) is 0 Å². The third-order valence-corrected chi connectivity index (χ3v) is 5.55. The summed E-state index contributed by atoms with van der Waals surface area (Å²) in [6.45, 7) is 3.01. The number of benzene rings is 1. The molecule has 2 heterocycles. The second-order valence-electron chi connectivity index (χ2n) is 6.11. The van der Waals surface area contributed by atoms with Gasteiger partial charge in [-0.25, -0.2) is 4.98 Å². The van der Waals surface area contributed by atoms with E-state index in [1.54, 1.807) is 6.20 Å². The largest absolute Gasteiger partial charge is 0.381 e. The standard InChI is InChI=1S/C17H20ClN3O2S.ClH/c1-11-2-3-12(9-14(11)18)8-13-10-20-16(24-13)21-15(22)17(19)4-6-23-7-5-17;/h2-3,9-10H,4-8,19H2,1H3,(H,20,21,22);1H. The van der Waals surface area contributed by atoms with Crippen LogP contribution in [0.5, 0.6) is 0 Å². The summed E-state index contributed by atoms with van der Waals surface area (Å²) >= 11 is 7.62. The number of nitrogens with two attached hydrogens (primary N) is 1. The first-order valence-electron chi connectivity index (χ1n) is 7.84. The van der Waals surface area contributed by atoms with Crippen LogP contribution >= 0.6 is 35.3 Å². The lowest BCUT2D eigenvalue weighted by Crippen LogP contribution is -2.54. The Morgan fingerprint density at radius 1 is 1.44 bits per heavy atom. The van der Waals surface area contributed by atoms with Gasteiger partial charge in [0.25, 0.3) is 0 Å². The van der Waals surface area contributed by atoms with Gasteiger partial charge >= 0.3 is 0 Å². The zero-order valence-corrected chi connectivity index (χ0v) is 16.3. The molecule has 1 aromatic heterocycles. The normalized spacial score (nSPS) is 16.1. The Morgan fingerprint density at radius 2 is 2.16 bits per heavy atom. The zero-order chi connectivity index (χ0) is 17.2. The number of nitrogens with zero attached hydrogens (tertiary/aromatic N) is 1. The zero-order valence-electron chi connectivity index (χ0n) is 13.9. The number of rotatable bonds is 4. The minimum Gasteiger partial charge on any atom is -0.381 e. The van der Waals surface area contributed by atoms with Crippen LogP contribution in [-0.2, 0) is 16.0 Å². The fourth-order valence-corrected chi connectivity index (χ4v) is 3.62. The van der Waals surface area contributed by atoms with Crippen LogP contribution < -0.4 is 11.1 Å². The van der Waals surface area contributed by atoms with Gasteiger partial charge in [-0.15, -0.1) is 23.7 Å². The van der Waals surface area contributed by atoms with Crippen molar-refractivity contribution in [1.82, 2.24) is 4.98 Å². The first-order chi connectivity index (χ1) is 11.5. The van der Waals surface area contributed by atoms with Crippen LogP contribution in [0.15, 0.2) is 24.4 Å². The Hall–Kier alpha value is -1.18. The predicted molar refractivity (Wildman–Crippen MR) is 104 cm³/mol. The van der Waals surface area contributed by atoms with Crippen LogP contribution in [0.1, 0.15) is 28.8 Å². The number of carbonyl (C=O) groups excluding carboxylic acids is 1. The molecule has 1 aliphatic rings. The monoisotopic (exact) mass is 401 g/mol. The molecule has 1 aliphatic heterocycles. The predicted octanol–water partition coefficient (Wildman–Crippen LogP) is 3.56. The van der Waals surface area contributed by atoms with Crippen molar-refractivity contribution in [3.63, 3.8) is 0 Å². The number of ether oxygens (including phenoxy) is 1. The van der Waals surface area contributed by atoms with Crippen LogP contribution in [0.25, 0.3) is 0 Å². The number of aryl methyl sites for hydroxylation is 1. The van der Waals surface area contributed by atoms with E-state index >= 15 is 0 Å². The van der Waals surface area contributed by atoms with Gasteiger partial charge in [0, 0.05) is 35.7 Å². The summed E-state index contributed by atoms with van der Waals surface area (Å²) in [5.74, 6) is -0.190. The summed E-state index contributed by atoms with van der Waals surface area (Å²) in [7, 11) is 0. The Bertz CT molecular complexity index is 745. The molecule has 1 aromatic carbocycles. The first-order valence-corrected chi connectivity index (χ1v) is 9.03. The maximum Gasteiger partial charge on any atom is 0.246 e. The van der Waals surface area contributed by atoms with E-state index in [1.165, 1.54) is 11.3 Å². The second kappa shape index (κ2) is 8.47. The van der Waals surface area contributed by atoms with Gasteiger partial charge in [-0.1, -0.05) is 23.7 Å². The van der Waals surface area contributed by atoms with Gasteiger partial charge in [-0.05, 0) is 37.0 Å². The number of halogens is 2. The molecule has 136 valence electrons. The van der Waals surface area contributed by atoms with E-state index in [9.17, 15) is 4.79 Å². The summed E-state index contributed by atoms with van der Waals surface area (Å²) in [6, 6.07) is 6.02. The minimum absolute atomic E-state index is 0. The van der Waals surface area contributed by atoms with E-state index in [4.69, 9.17) is 22.1 Å². The summed E-state index contributed by atoms with van der Waals surface area (Å²) < 4.78 is 5.27. The van der Waals surface area contributed by atoms with Gasteiger partial charge in [-0.2, -0.15) is 0 Å². The molecule has 3 rings (SSSR count). The van der Waals surface area contributed by atoms with Gasteiger partial charge < -0.3 is 15.8 Å². The number of thiazole rings is 1. The molecule has 8 heteroatoms. The SMILES string of the molecule is Cc1ccc(Cc2cnc(NC(=O)C3(N)CCOCC3)s2)cc1Cl.Cl. The van der Waals surface area contributed by atoms with Crippen molar-refractivity contribution in [1.29, 1.82) is 0 Å². The number of hydrogen-bond donors (Lipinski definition) is 2. The summed E-state index contributed by atoms with van der Waals surface area (Å²) in [6.07, 6.45) is 3.56. The highest BCUT2D eigenvalue weighted by molar-refractivity contribution is 7.15. The summed E-state index contributed by atoms with van der Waals surface area (Å²) in [5, 5.41) is 4.17. The van der Waals surface area contributed by atoms with E-state index < -0.39 is 5.54 Å². The third kappa shape index (κ3) is 4.92. The van der Waals surface area contributed by atoms with E-state index in [2.05, 4.69) is 16.4 Å². The van der Waals surface area contributed by atoms with Crippen molar-refractivity contribution in [2.24, 2.45) is 5.73 Å². The fraction of sp³-hybridized carbons (Fsp3) is 0.412. The quantitative estimate of drug-likeness (QED) is 0.820. The van der Waals surface area contributed by atoms with Crippen molar-refractivity contribution < 1.29 is 9.53 Å². The molecule has 1 amide bonds. The number of aromatic nitrogens is 1. The number of anilines is 1. The highest BCUT2D eigenvalue weighted by Gasteiger charge is 2.36. The second-order valence-corrected chi connectivity index (χ2v) is 7.64. The van der Waals surface area contributed by atoms with Gasteiger partial charge in [0.15, 0.2) is 5.13 Å². The highest BCUT2D eigenvalue weighted by atomic mass is 35.5. The molecule has 1 fully saturated rings. The lowest BCUT2D eigenvalue weighted by atomic mass is 9.90. The Kier molecular flexibility index (Phi) is 6.82. The molecule has 2 aromatic rings. The van der Waals surface area contributed by atoms with E-state index in [-0.39, 0.29) is 18.3 Å². The molecule has 1 saturated heterocycles. The lowest BCUT2D eigenvalue weighted by molar-refractivity contribution is -0.124. The van der Waals surface area contributed by atoms with Crippen molar-refractivity contribution in [3.8, 4) is 0 Å². The van der Waals surface area contributed by atoms with Crippen molar-refractivity contribution in [3.05, 3.63) is 45.4 Å². The molecule has 0 atom stereocenters. The van der Waals surface area contributed by atoms with Crippen molar-refractivity contribution in [2.45, 2.75) is 31.7 Å². The molecular weight excluding hydrogens is 381 g/mol. The van der Waals surface area contributed by atoms with Crippen LogP contribution in [0, 0.1) is 6.92 Å². The average molecular weight is 402 g/mol. The molecule has 0 bridgehead atoms. The molecule has 5 nitrogen and oxygen atoms in total. The fourth-order valence-electron chi connectivity index (χ4n) is 2.58. The Labute approximate surface area is 162 Å². The third-order valence-electron chi connectivity index (χ3n) is 4.23. The molecule has 0 unspecified atom stereocenters. The molecule has 25 heavy (non-hydrogen) atoms. The van der Waals surface area contributed by atoms with Crippen molar-refractivity contribution >= 4 is 46.4 Å². The van der Waals surface area contributed by atoms with E-state index in [0.29, 0.717) is 31.2 Å². The molecule has 0 saturated carbocycles. The Balaban J connectivity index is 0.00000225. The lowest BCUT2D eigenvalue weighted by Gasteiger charge is -2.31. The molecule has 0 aliphatic carbocycles. The number of amides is 1. The molecular formula is C17H21Cl2N3O2S. The van der Waals surface area contributed by atoms with Crippen molar-refractivity contribution in [2.75, 3.05) is 18.5 Å². The van der Waals surface area contributed by atoms with E-state index in [0.717, 1.165) is 27.4 Å². The number of nitrogens with one attached hydrogen (secondary N) is 1. The van der Waals surface area contributed by atoms with Gasteiger partial charge in [0.05, 0.1) is 0 Å². The highest BCUT2D eigenvalue weighted by Crippen LogP contribution is 2.25. The van der Waals surface area contributed by atoms with Gasteiger partial charge in [-0.3, -0.25) is 4.79 Å². The molecule has 0 spiro atoms. The maximum absolute atomic E-state index is 12.4. The average Bonchev–Trinajstić information content (AvgIpc) is 2.99. The van der Waals surface area contributed by atoms with Crippen LogP contribution in [0.2, 0.25) is 5.02 Å². The topological polar surface area (TPSA) is 77.2 Å². The first kappa shape index (κ1) is 20.1. The number of hydrogen-bond acceptors (Lipinski definition) is 5. The molecule has 0 radical (unpaired) electrons. The van der Waals surface area contributed by atoms with Crippen LogP contribution in [0.4, 0.5) is 5.13 Å². The number of carbonyl (C=O) groups is 1.